The maximum atomic E-state index is 12.8. The molecular formula is C61H96O6. The fourth-order valence-electron chi connectivity index (χ4n) is 6.67. The molecule has 1 atom stereocenters. The van der Waals surface area contributed by atoms with E-state index >= 15 is 0 Å². The van der Waals surface area contributed by atoms with Gasteiger partial charge in [0.15, 0.2) is 6.10 Å². The van der Waals surface area contributed by atoms with Crippen LogP contribution in [-0.2, 0) is 28.6 Å². The van der Waals surface area contributed by atoms with Crippen LogP contribution in [0.1, 0.15) is 213 Å². The number of rotatable bonds is 46. The van der Waals surface area contributed by atoms with E-state index in [9.17, 15) is 14.4 Å². The van der Waals surface area contributed by atoms with Crippen molar-refractivity contribution in [2.45, 2.75) is 219 Å². The highest BCUT2D eigenvalue weighted by molar-refractivity contribution is 5.71. The second kappa shape index (κ2) is 54.2. The van der Waals surface area contributed by atoms with Gasteiger partial charge in [-0.25, -0.2) is 0 Å². The van der Waals surface area contributed by atoms with Gasteiger partial charge < -0.3 is 14.2 Å². The molecule has 0 N–H and O–H groups in total. The van der Waals surface area contributed by atoms with E-state index in [0.29, 0.717) is 25.7 Å². The fourth-order valence-corrected chi connectivity index (χ4v) is 6.67. The van der Waals surface area contributed by atoms with E-state index in [1.54, 1.807) is 0 Å². The summed E-state index contributed by atoms with van der Waals surface area (Å²) in [5.41, 5.74) is 0. The molecule has 0 bridgehead atoms. The number of carbonyl (C=O) groups excluding carboxylic acids is 3. The first-order valence-corrected chi connectivity index (χ1v) is 26.7. The van der Waals surface area contributed by atoms with Crippen molar-refractivity contribution < 1.29 is 28.6 Å². The number of hydrogen-bond donors (Lipinski definition) is 0. The maximum absolute atomic E-state index is 12.8. The average Bonchev–Trinajstić information content (AvgIpc) is 3.33. The molecule has 0 fully saturated rings. The number of ether oxygens (including phenoxy) is 3. The topological polar surface area (TPSA) is 78.9 Å². The van der Waals surface area contributed by atoms with E-state index in [1.165, 1.54) is 6.42 Å². The Morgan fingerprint density at radius 3 is 0.940 bits per heavy atom. The van der Waals surface area contributed by atoms with Crippen LogP contribution in [0.25, 0.3) is 0 Å². The highest BCUT2D eigenvalue weighted by Crippen LogP contribution is 2.12. The van der Waals surface area contributed by atoms with Crippen LogP contribution in [0.4, 0.5) is 0 Å². The van der Waals surface area contributed by atoms with Crippen molar-refractivity contribution in [2.24, 2.45) is 0 Å². The molecule has 6 heteroatoms. The molecule has 0 aliphatic carbocycles. The SMILES string of the molecule is CC/C=C\C/C=C\C/C=C\C/C=C\C/C=C\C/C=C\CCCCC(=O)OCC(COC(=O)CCCCCCC/C=C\C/C=C\CCC)OC(=O)CCCCCCC/C=C\C/C=C\C/C=C\CC. The second-order valence-electron chi connectivity index (χ2n) is 17.0. The molecule has 0 spiro atoms. The smallest absolute Gasteiger partial charge is 0.306 e. The molecule has 0 saturated heterocycles. The van der Waals surface area contributed by atoms with E-state index in [2.05, 4.69) is 154 Å². The molecule has 0 aromatic rings. The summed E-state index contributed by atoms with van der Waals surface area (Å²) in [4.78, 5) is 38.0. The van der Waals surface area contributed by atoms with Gasteiger partial charge in [0.25, 0.3) is 0 Å². The Hall–Kier alpha value is -4.45. The third kappa shape index (κ3) is 52.4. The van der Waals surface area contributed by atoms with E-state index in [4.69, 9.17) is 14.2 Å². The Morgan fingerprint density at radius 2 is 0.582 bits per heavy atom. The minimum absolute atomic E-state index is 0.111. The zero-order valence-corrected chi connectivity index (χ0v) is 42.9. The van der Waals surface area contributed by atoms with Crippen molar-refractivity contribution in [3.05, 3.63) is 134 Å². The number of esters is 3. The molecule has 1 unspecified atom stereocenters. The molecule has 0 rings (SSSR count). The summed E-state index contributed by atoms with van der Waals surface area (Å²) in [6, 6.07) is 0. The molecule has 0 saturated carbocycles. The lowest BCUT2D eigenvalue weighted by Gasteiger charge is -2.18. The van der Waals surface area contributed by atoms with Gasteiger partial charge in [-0.15, -0.1) is 0 Å². The van der Waals surface area contributed by atoms with Gasteiger partial charge in [0.2, 0.25) is 0 Å². The van der Waals surface area contributed by atoms with E-state index in [1.807, 2.05) is 0 Å². The van der Waals surface area contributed by atoms with E-state index in [-0.39, 0.29) is 31.1 Å². The number of allylic oxidation sites excluding steroid dienone is 22. The zero-order chi connectivity index (χ0) is 48.6. The van der Waals surface area contributed by atoms with Crippen molar-refractivity contribution in [2.75, 3.05) is 13.2 Å². The van der Waals surface area contributed by atoms with Crippen molar-refractivity contribution in [1.82, 2.24) is 0 Å². The molecule has 0 heterocycles. The summed E-state index contributed by atoms with van der Waals surface area (Å²) >= 11 is 0. The minimum atomic E-state index is -0.816. The average molecular weight is 925 g/mol. The Bertz CT molecular complexity index is 1480. The summed E-state index contributed by atoms with van der Waals surface area (Å²) in [5.74, 6) is -0.995. The molecule has 0 aromatic heterocycles. The maximum Gasteiger partial charge on any atom is 0.306 e. The van der Waals surface area contributed by atoms with Crippen molar-refractivity contribution in [3.63, 3.8) is 0 Å². The van der Waals surface area contributed by atoms with Gasteiger partial charge in [-0.05, 0) is 128 Å². The third-order valence-corrected chi connectivity index (χ3v) is 10.6. The molecule has 0 amide bonds. The van der Waals surface area contributed by atoms with Gasteiger partial charge in [0, 0.05) is 19.3 Å². The van der Waals surface area contributed by atoms with Crippen molar-refractivity contribution >= 4 is 17.9 Å². The van der Waals surface area contributed by atoms with Crippen LogP contribution in [0.3, 0.4) is 0 Å². The Morgan fingerprint density at radius 1 is 0.313 bits per heavy atom. The summed E-state index contributed by atoms with van der Waals surface area (Å²) in [6.45, 7) is 6.26. The monoisotopic (exact) mass is 925 g/mol. The lowest BCUT2D eigenvalue weighted by atomic mass is 10.1. The Kier molecular flexibility index (Phi) is 50.6. The van der Waals surface area contributed by atoms with Crippen LogP contribution in [0.5, 0.6) is 0 Å². The first-order valence-electron chi connectivity index (χ1n) is 26.7. The summed E-state index contributed by atoms with van der Waals surface area (Å²) in [5, 5.41) is 0. The summed E-state index contributed by atoms with van der Waals surface area (Å²) < 4.78 is 16.8. The summed E-state index contributed by atoms with van der Waals surface area (Å²) in [7, 11) is 0. The fraction of sp³-hybridized carbons (Fsp3) is 0.590. The normalized spacial score (nSPS) is 13.2. The number of unbranched alkanes of at least 4 members (excludes halogenated alkanes) is 13. The van der Waals surface area contributed by atoms with Crippen LogP contribution >= 0.6 is 0 Å². The molecular weight excluding hydrogens is 829 g/mol. The Labute approximate surface area is 411 Å². The largest absolute Gasteiger partial charge is 0.462 e. The third-order valence-electron chi connectivity index (χ3n) is 10.6. The second-order valence-corrected chi connectivity index (χ2v) is 17.0. The lowest BCUT2D eigenvalue weighted by Crippen LogP contribution is -2.30. The Balaban J connectivity index is 4.52. The number of hydrogen-bond acceptors (Lipinski definition) is 6. The predicted molar refractivity (Wildman–Crippen MR) is 288 cm³/mol. The quantitative estimate of drug-likeness (QED) is 0.0262. The summed E-state index contributed by atoms with van der Waals surface area (Å²) in [6.07, 6.45) is 75.8. The van der Waals surface area contributed by atoms with Crippen LogP contribution in [-0.4, -0.2) is 37.2 Å². The van der Waals surface area contributed by atoms with Gasteiger partial charge in [-0.2, -0.15) is 0 Å². The molecule has 376 valence electrons. The van der Waals surface area contributed by atoms with Crippen molar-refractivity contribution in [1.29, 1.82) is 0 Å². The lowest BCUT2D eigenvalue weighted by molar-refractivity contribution is -0.167. The molecule has 0 radical (unpaired) electrons. The first-order chi connectivity index (χ1) is 33.0. The highest BCUT2D eigenvalue weighted by Gasteiger charge is 2.19. The minimum Gasteiger partial charge on any atom is -0.462 e. The van der Waals surface area contributed by atoms with Gasteiger partial charge in [-0.3, -0.25) is 14.4 Å². The zero-order valence-electron chi connectivity index (χ0n) is 42.9. The molecule has 0 aliphatic heterocycles. The van der Waals surface area contributed by atoms with Crippen LogP contribution < -0.4 is 0 Å². The standard InChI is InChI=1S/C61H96O6/c1-4-7-10-13-16-19-22-25-27-28-29-30-31-32-34-36-39-42-45-48-51-54-60(63)66-57-58(56-65-59(62)53-50-47-44-41-38-35-24-21-18-15-12-9-6-3)67-61(64)55-52-49-46-43-40-37-33-26-23-20-17-14-11-8-5-2/h7-8,10-12,15-17,19-21,24-27,29-30,32-34,39,42,58H,4-6,9,13-14,18,22-23,28,31,35-38,40-41,43-57H2,1-3H3/b10-7-,11-8-,15-12-,19-16-,20-17-,24-21-,27-25-,30-29-,33-26-,34-32-,42-39-. The van der Waals surface area contributed by atoms with Crippen LogP contribution in [0, 0.1) is 0 Å². The molecule has 6 nitrogen and oxygen atoms in total. The van der Waals surface area contributed by atoms with Crippen molar-refractivity contribution in [3.8, 4) is 0 Å². The van der Waals surface area contributed by atoms with Gasteiger partial charge in [-0.1, -0.05) is 199 Å². The van der Waals surface area contributed by atoms with Gasteiger partial charge >= 0.3 is 17.9 Å². The predicted octanol–water partition coefficient (Wildman–Crippen LogP) is 17.9. The highest BCUT2D eigenvalue weighted by atomic mass is 16.6. The number of carbonyl (C=O) groups is 3. The molecule has 0 aromatic carbocycles. The van der Waals surface area contributed by atoms with Gasteiger partial charge in [0.1, 0.15) is 13.2 Å². The first kappa shape index (κ1) is 62.5. The van der Waals surface area contributed by atoms with E-state index < -0.39 is 6.10 Å². The van der Waals surface area contributed by atoms with Crippen LogP contribution in [0.2, 0.25) is 0 Å². The van der Waals surface area contributed by atoms with E-state index in [0.717, 1.165) is 161 Å². The van der Waals surface area contributed by atoms with Crippen LogP contribution in [0.15, 0.2) is 134 Å². The molecule has 67 heavy (non-hydrogen) atoms. The van der Waals surface area contributed by atoms with Gasteiger partial charge in [0.05, 0.1) is 0 Å². The molecule has 0 aliphatic rings.